The van der Waals surface area contributed by atoms with Crippen molar-refractivity contribution in [2.75, 3.05) is 43.4 Å². The van der Waals surface area contributed by atoms with Crippen molar-refractivity contribution in [2.45, 2.75) is 0 Å². The Morgan fingerprint density at radius 1 is 1.09 bits per heavy atom. The molecule has 0 spiro atoms. The predicted octanol–water partition coefficient (Wildman–Crippen LogP) is 3.28. The number of piperazine rings is 1. The fourth-order valence-corrected chi connectivity index (χ4v) is 2.76. The van der Waals surface area contributed by atoms with E-state index < -0.39 is 0 Å². The molecule has 5 nitrogen and oxygen atoms in total. The van der Waals surface area contributed by atoms with Gasteiger partial charge in [-0.2, -0.15) is 4.98 Å². The molecule has 0 amide bonds. The summed E-state index contributed by atoms with van der Waals surface area (Å²) < 4.78 is 0. The highest BCUT2D eigenvalue weighted by Crippen LogP contribution is 2.28. The molecule has 0 aliphatic carbocycles. The Hall–Kier alpha value is -1.56. The molecule has 3 rings (SSSR count). The van der Waals surface area contributed by atoms with E-state index in [-0.39, 0.29) is 0 Å². The van der Waals surface area contributed by atoms with E-state index >= 15 is 0 Å². The van der Waals surface area contributed by atoms with Crippen molar-refractivity contribution in [2.24, 2.45) is 0 Å². The van der Waals surface area contributed by atoms with Gasteiger partial charge in [-0.25, -0.2) is 4.98 Å². The van der Waals surface area contributed by atoms with Gasteiger partial charge < -0.3 is 15.1 Å². The summed E-state index contributed by atoms with van der Waals surface area (Å²) in [5.74, 6) is 1.45. The van der Waals surface area contributed by atoms with Gasteiger partial charge in [0, 0.05) is 37.4 Å². The third kappa shape index (κ3) is 3.61. The highest BCUT2D eigenvalue weighted by molar-refractivity contribution is 6.36. The Balaban J connectivity index is 1.76. The van der Waals surface area contributed by atoms with Crippen LogP contribution in [-0.4, -0.2) is 48.1 Å². The summed E-state index contributed by atoms with van der Waals surface area (Å²) in [6, 6.07) is 7.15. The van der Waals surface area contributed by atoms with Crippen LogP contribution < -0.4 is 10.2 Å². The smallest absolute Gasteiger partial charge is 0.227 e. The SMILES string of the molecule is CN1CCN(c2nccc(Nc3ccc(Cl)cc3Cl)n2)CC1. The second-order valence-corrected chi connectivity index (χ2v) is 6.13. The molecule has 0 unspecified atom stereocenters. The molecule has 22 heavy (non-hydrogen) atoms. The summed E-state index contributed by atoms with van der Waals surface area (Å²) >= 11 is 12.1. The summed E-state index contributed by atoms with van der Waals surface area (Å²) in [6.07, 6.45) is 1.76. The molecular weight excluding hydrogens is 321 g/mol. The number of benzene rings is 1. The monoisotopic (exact) mass is 337 g/mol. The molecule has 7 heteroatoms. The van der Waals surface area contributed by atoms with Crippen LogP contribution in [0.1, 0.15) is 0 Å². The predicted molar refractivity (Wildman–Crippen MR) is 91.5 cm³/mol. The fraction of sp³-hybridized carbons (Fsp3) is 0.333. The molecule has 0 bridgehead atoms. The van der Waals surface area contributed by atoms with E-state index in [0.717, 1.165) is 37.8 Å². The standard InChI is InChI=1S/C15H17Cl2N5/c1-21-6-8-22(9-7-21)15-18-5-4-14(20-15)19-13-3-2-11(16)10-12(13)17/h2-5,10H,6-9H2,1H3,(H,18,19,20). The van der Waals surface area contributed by atoms with Gasteiger partial charge in [0.1, 0.15) is 5.82 Å². The van der Waals surface area contributed by atoms with Gasteiger partial charge in [0.2, 0.25) is 5.95 Å². The summed E-state index contributed by atoms with van der Waals surface area (Å²) in [5, 5.41) is 4.38. The van der Waals surface area contributed by atoms with Gasteiger partial charge in [0.15, 0.2) is 0 Å². The van der Waals surface area contributed by atoms with Crippen molar-refractivity contribution >= 4 is 40.7 Å². The van der Waals surface area contributed by atoms with Crippen LogP contribution in [0.15, 0.2) is 30.5 Å². The van der Waals surface area contributed by atoms with Crippen LogP contribution >= 0.6 is 23.2 Å². The van der Waals surface area contributed by atoms with Gasteiger partial charge >= 0.3 is 0 Å². The number of nitrogens with zero attached hydrogens (tertiary/aromatic N) is 4. The molecule has 2 heterocycles. The number of aromatic nitrogens is 2. The third-order valence-corrected chi connectivity index (χ3v) is 4.17. The molecule has 0 saturated carbocycles. The van der Waals surface area contributed by atoms with Gasteiger partial charge in [0.05, 0.1) is 10.7 Å². The maximum absolute atomic E-state index is 6.18. The number of hydrogen-bond acceptors (Lipinski definition) is 5. The zero-order valence-corrected chi connectivity index (χ0v) is 13.8. The molecule has 1 aliphatic rings. The molecule has 1 aromatic carbocycles. The summed E-state index contributed by atoms with van der Waals surface area (Å²) in [5.41, 5.74) is 0.772. The van der Waals surface area contributed by atoms with Crippen molar-refractivity contribution in [3.63, 3.8) is 0 Å². The van der Waals surface area contributed by atoms with E-state index in [2.05, 4.69) is 32.1 Å². The molecule has 1 aromatic heterocycles. The number of likely N-dealkylation sites (N-methyl/N-ethyl adjacent to an activating group) is 1. The van der Waals surface area contributed by atoms with Gasteiger partial charge in [-0.1, -0.05) is 23.2 Å². The average Bonchev–Trinajstić information content (AvgIpc) is 2.51. The lowest BCUT2D eigenvalue weighted by Gasteiger charge is -2.32. The Morgan fingerprint density at radius 3 is 2.59 bits per heavy atom. The molecule has 1 aliphatic heterocycles. The van der Waals surface area contributed by atoms with Crippen LogP contribution in [0.25, 0.3) is 0 Å². The van der Waals surface area contributed by atoms with Crippen molar-refractivity contribution in [3.8, 4) is 0 Å². The Bertz CT molecular complexity index is 656. The molecule has 1 fully saturated rings. The van der Waals surface area contributed by atoms with Crippen molar-refractivity contribution in [1.82, 2.24) is 14.9 Å². The zero-order valence-electron chi connectivity index (χ0n) is 12.3. The maximum atomic E-state index is 6.18. The van der Waals surface area contributed by atoms with Crippen LogP contribution in [0.4, 0.5) is 17.5 Å². The molecule has 1 N–H and O–H groups in total. The first-order valence-electron chi connectivity index (χ1n) is 7.10. The van der Waals surface area contributed by atoms with Gasteiger partial charge in [0.25, 0.3) is 0 Å². The minimum absolute atomic E-state index is 0.562. The zero-order chi connectivity index (χ0) is 15.5. The van der Waals surface area contributed by atoms with E-state index in [4.69, 9.17) is 23.2 Å². The second kappa shape index (κ2) is 6.69. The molecule has 0 atom stereocenters. The lowest BCUT2D eigenvalue weighted by molar-refractivity contribution is 0.311. The first-order chi connectivity index (χ1) is 10.6. The van der Waals surface area contributed by atoms with Crippen LogP contribution in [0, 0.1) is 0 Å². The number of rotatable bonds is 3. The lowest BCUT2D eigenvalue weighted by Crippen LogP contribution is -2.45. The van der Waals surface area contributed by atoms with Gasteiger partial charge in [-0.05, 0) is 31.3 Å². The minimum atomic E-state index is 0.562. The number of nitrogens with one attached hydrogen (secondary N) is 1. The van der Waals surface area contributed by atoms with Crippen LogP contribution in [0.3, 0.4) is 0 Å². The van der Waals surface area contributed by atoms with Crippen LogP contribution in [-0.2, 0) is 0 Å². The van der Waals surface area contributed by atoms with E-state index in [9.17, 15) is 0 Å². The molecule has 0 radical (unpaired) electrons. The van der Waals surface area contributed by atoms with E-state index in [1.807, 2.05) is 12.1 Å². The minimum Gasteiger partial charge on any atom is -0.339 e. The molecule has 116 valence electrons. The van der Waals surface area contributed by atoms with Crippen molar-refractivity contribution < 1.29 is 0 Å². The highest BCUT2D eigenvalue weighted by Gasteiger charge is 2.16. The maximum Gasteiger partial charge on any atom is 0.227 e. The Kier molecular flexibility index (Phi) is 4.66. The Morgan fingerprint density at radius 2 is 1.86 bits per heavy atom. The fourth-order valence-electron chi connectivity index (χ4n) is 2.31. The number of anilines is 3. The lowest BCUT2D eigenvalue weighted by atomic mass is 10.3. The highest BCUT2D eigenvalue weighted by atomic mass is 35.5. The third-order valence-electron chi connectivity index (χ3n) is 3.62. The topological polar surface area (TPSA) is 44.3 Å². The summed E-state index contributed by atoms with van der Waals surface area (Å²) in [4.78, 5) is 13.4. The second-order valence-electron chi connectivity index (χ2n) is 5.28. The molecule has 1 saturated heterocycles. The van der Waals surface area contributed by atoms with E-state index in [0.29, 0.717) is 15.9 Å². The molecular formula is C15H17Cl2N5. The van der Waals surface area contributed by atoms with E-state index in [1.54, 1.807) is 18.3 Å². The average molecular weight is 338 g/mol. The van der Waals surface area contributed by atoms with E-state index in [1.165, 1.54) is 0 Å². The van der Waals surface area contributed by atoms with Gasteiger partial charge in [-0.15, -0.1) is 0 Å². The largest absolute Gasteiger partial charge is 0.339 e. The van der Waals surface area contributed by atoms with Crippen LogP contribution in [0.5, 0.6) is 0 Å². The Labute approximate surface area is 139 Å². The first kappa shape index (κ1) is 15.3. The summed E-state index contributed by atoms with van der Waals surface area (Å²) in [7, 11) is 2.12. The number of hydrogen-bond donors (Lipinski definition) is 1. The quantitative estimate of drug-likeness (QED) is 0.931. The first-order valence-corrected chi connectivity index (χ1v) is 7.86. The number of halogens is 2. The van der Waals surface area contributed by atoms with Gasteiger partial charge in [-0.3, -0.25) is 0 Å². The van der Waals surface area contributed by atoms with Crippen LogP contribution in [0.2, 0.25) is 10.0 Å². The normalized spacial score (nSPS) is 15.9. The summed E-state index contributed by atoms with van der Waals surface area (Å²) in [6.45, 7) is 3.90. The van der Waals surface area contributed by atoms with Crippen molar-refractivity contribution in [3.05, 3.63) is 40.5 Å². The molecule has 2 aromatic rings. The van der Waals surface area contributed by atoms with Crippen molar-refractivity contribution in [1.29, 1.82) is 0 Å².